The summed E-state index contributed by atoms with van der Waals surface area (Å²) in [4.78, 5) is 13.1. The first-order valence-corrected chi connectivity index (χ1v) is 9.13. The fourth-order valence-corrected chi connectivity index (χ4v) is 3.56. The Balaban J connectivity index is 1.57. The zero-order valence-corrected chi connectivity index (χ0v) is 15.4. The van der Waals surface area contributed by atoms with Gasteiger partial charge < -0.3 is 20.4 Å². The Morgan fingerprint density at radius 2 is 1.81 bits per heavy atom. The normalized spacial score (nSPS) is 18.1. The lowest BCUT2D eigenvalue weighted by Gasteiger charge is -2.39. The molecule has 0 spiro atoms. The third-order valence-corrected chi connectivity index (χ3v) is 5.11. The van der Waals surface area contributed by atoms with E-state index in [9.17, 15) is 19.4 Å². The van der Waals surface area contributed by atoms with Gasteiger partial charge in [0.15, 0.2) is 0 Å². The van der Waals surface area contributed by atoms with Gasteiger partial charge in [-0.25, -0.2) is 4.39 Å². The van der Waals surface area contributed by atoms with Gasteiger partial charge in [-0.05, 0) is 36.6 Å². The van der Waals surface area contributed by atoms with E-state index in [4.69, 9.17) is 0 Å². The van der Waals surface area contributed by atoms with Gasteiger partial charge >= 0.3 is 0 Å². The van der Waals surface area contributed by atoms with Crippen LogP contribution in [0.2, 0.25) is 0 Å². The van der Waals surface area contributed by atoms with Crippen LogP contribution in [0.25, 0.3) is 0 Å². The first-order valence-electron chi connectivity index (χ1n) is 9.13. The number of carbonyl (C=O) groups excluding carboxylic acids is 1. The summed E-state index contributed by atoms with van der Waals surface area (Å²) in [6.07, 6.45) is 0.167. The molecule has 0 bridgehead atoms. The first-order chi connectivity index (χ1) is 12.9. The maximum atomic E-state index is 14.0. The molecule has 1 amide bonds. The molecule has 1 saturated heterocycles. The average molecular weight is 372 g/mol. The van der Waals surface area contributed by atoms with Crippen molar-refractivity contribution in [1.29, 1.82) is 0 Å². The van der Waals surface area contributed by atoms with Crippen molar-refractivity contribution in [3.63, 3.8) is 0 Å². The Bertz CT molecular complexity index is 786. The highest BCUT2D eigenvalue weighted by Gasteiger charge is 2.36. The van der Waals surface area contributed by atoms with Crippen molar-refractivity contribution >= 4 is 11.6 Å². The first kappa shape index (κ1) is 19.5. The van der Waals surface area contributed by atoms with Crippen molar-refractivity contribution in [1.82, 2.24) is 4.90 Å². The Morgan fingerprint density at radius 3 is 2.41 bits per heavy atom. The molecule has 27 heavy (non-hydrogen) atoms. The van der Waals surface area contributed by atoms with Crippen LogP contribution in [0.5, 0.6) is 0 Å². The minimum absolute atomic E-state index is 0.140. The molecule has 1 fully saturated rings. The molecule has 3 N–H and O–H groups in total. The topological polar surface area (TPSA) is 72.8 Å². The third-order valence-electron chi connectivity index (χ3n) is 5.11. The minimum Gasteiger partial charge on any atom is -0.387 e. The minimum atomic E-state index is -1.16. The number of aliphatic hydroxyl groups is 2. The number of carbonyl (C=O) groups is 1. The Hall–Kier alpha value is -2.28. The zero-order chi connectivity index (χ0) is 19.4. The fourth-order valence-electron chi connectivity index (χ4n) is 3.56. The SMILES string of the molecule is CC(=O)Nc1ccc(C(O)CN2CCC(O)(c3ccccc3F)CC2)cc1. The van der Waals surface area contributed by atoms with Crippen molar-refractivity contribution in [2.24, 2.45) is 0 Å². The van der Waals surface area contributed by atoms with Crippen molar-refractivity contribution in [3.05, 3.63) is 65.5 Å². The van der Waals surface area contributed by atoms with Crippen LogP contribution in [-0.4, -0.2) is 40.7 Å². The summed E-state index contributed by atoms with van der Waals surface area (Å²) in [5, 5.41) is 24.0. The number of β-amino-alcohol motifs (C(OH)–C–C–N with tert-alkyl or cyclic N) is 1. The highest BCUT2D eigenvalue weighted by molar-refractivity contribution is 5.88. The molecular weight excluding hydrogens is 347 g/mol. The van der Waals surface area contributed by atoms with Crippen LogP contribution in [0.3, 0.4) is 0 Å². The summed E-state index contributed by atoms with van der Waals surface area (Å²) in [5.74, 6) is -0.522. The second-order valence-corrected chi connectivity index (χ2v) is 7.13. The summed E-state index contributed by atoms with van der Waals surface area (Å²) in [6.45, 7) is 3.03. The van der Waals surface area contributed by atoms with Crippen LogP contribution in [0.15, 0.2) is 48.5 Å². The monoisotopic (exact) mass is 372 g/mol. The van der Waals surface area contributed by atoms with Crippen LogP contribution in [0.4, 0.5) is 10.1 Å². The number of amides is 1. The number of hydrogen-bond acceptors (Lipinski definition) is 4. The van der Waals surface area contributed by atoms with Crippen LogP contribution in [-0.2, 0) is 10.4 Å². The second-order valence-electron chi connectivity index (χ2n) is 7.13. The van der Waals surface area contributed by atoms with Gasteiger partial charge in [-0.15, -0.1) is 0 Å². The van der Waals surface area contributed by atoms with E-state index in [0.29, 0.717) is 43.7 Å². The Kier molecular flexibility index (Phi) is 5.89. The average Bonchev–Trinajstić information content (AvgIpc) is 2.64. The van der Waals surface area contributed by atoms with Crippen molar-refractivity contribution < 1.29 is 19.4 Å². The summed E-state index contributed by atoms with van der Waals surface area (Å²) in [6, 6.07) is 13.4. The van der Waals surface area contributed by atoms with Gasteiger partial charge in [0, 0.05) is 37.8 Å². The fraction of sp³-hybridized carbons (Fsp3) is 0.381. The number of likely N-dealkylation sites (tertiary alicyclic amines) is 1. The van der Waals surface area contributed by atoms with Gasteiger partial charge in [-0.2, -0.15) is 0 Å². The maximum Gasteiger partial charge on any atom is 0.221 e. The number of benzene rings is 2. The highest BCUT2D eigenvalue weighted by atomic mass is 19.1. The molecule has 1 aliphatic rings. The van der Waals surface area contributed by atoms with Crippen LogP contribution < -0.4 is 5.32 Å². The Labute approximate surface area is 158 Å². The predicted octanol–water partition coefficient (Wildman–Crippen LogP) is 2.80. The second kappa shape index (κ2) is 8.17. The lowest BCUT2D eigenvalue weighted by molar-refractivity contribution is -0.114. The molecule has 1 atom stereocenters. The van der Waals surface area contributed by atoms with E-state index in [0.717, 1.165) is 5.56 Å². The molecular formula is C21H25FN2O3. The van der Waals surface area contributed by atoms with Crippen LogP contribution >= 0.6 is 0 Å². The standard InChI is InChI=1S/C21H25FN2O3/c1-15(25)23-17-8-6-16(7-9-17)20(26)14-24-12-10-21(27,11-13-24)18-4-2-3-5-19(18)22/h2-9,20,26-27H,10-14H2,1H3,(H,23,25). The van der Waals surface area contributed by atoms with Crippen molar-refractivity contribution in [2.75, 3.05) is 25.0 Å². The van der Waals surface area contributed by atoms with Crippen molar-refractivity contribution in [2.45, 2.75) is 31.5 Å². The van der Waals surface area contributed by atoms with Gasteiger partial charge in [0.25, 0.3) is 0 Å². The van der Waals surface area contributed by atoms with Crippen LogP contribution in [0, 0.1) is 5.82 Å². The smallest absolute Gasteiger partial charge is 0.221 e. The summed E-state index contributed by atoms with van der Waals surface area (Å²) >= 11 is 0. The molecule has 6 heteroatoms. The number of nitrogens with one attached hydrogen (secondary N) is 1. The highest BCUT2D eigenvalue weighted by Crippen LogP contribution is 2.34. The lowest BCUT2D eigenvalue weighted by atomic mass is 9.84. The van der Waals surface area contributed by atoms with Crippen LogP contribution in [0.1, 0.15) is 37.0 Å². The third kappa shape index (κ3) is 4.71. The molecule has 1 heterocycles. The molecule has 5 nitrogen and oxygen atoms in total. The summed E-state index contributed by atoms with van der Waals surface area (Å²) < 4.78 is 14.0. The Morgan fingerprint density at radius 1 is 1.19 bits per heavy atom. The molecule has 144 valence electrons. The van der Waals surface area contributed by atoms with E-state index in [1.807, 2.05) is 0 Å². The quantitative estimate of drug-likeness (QED) is 0.755. The summed E-state index contributed by atoms with van der Waals surface area (Å²) in [7, 11) is 0. The molecule has 0 aromatic heterocycles. The summed E-state index contributed by atoms with van der Waals surface area (Å²) in [5.41, 5.74) is 0.636. The molecule has 0 saturated carbocycles. The molecule has 2 aromatic rings. The zero-order valence-electron chi connectivity index (χ0n) is 15.4. The number of hydrogen-bond donors (Lipinski definition) is 3. The van der Waals surface area contributed by atoms with E-state index in [1.165, 1.54) is 13.0 Å². The molecule has 0 aliphatic carbocycles. The van der Waals surface area contributed by atoms with E-state index < -0.39 is 11.7 Å². The molecule has 3 rings (SSSR count). The van der Waals surface area contributed by atoms with E-state index >= 15 is 0 Å². The van der Waals surface area contributed by atoms with E-state index in [1.54, 1.807) is 42.5 Å². The van der Waals surface area contributed by atoms with Gasteiger partial charge in [-0.3, -0.25) is 4.79 Å². The van der Waals surface area contributed by atoms with Gasteiger partial charge in [-0.1, -0.05) is 30.3 Å². The number of nitrogens with zero attached hydrogens (tertiary/aromatic N) is 1. The number of aliphatic hydroxyl groups excluding tert-OH is 1. The molecule has 0 radical (unpaired) electrons. The molecule has 2 aromatic carbocycles. The van der Waals surface area contributed by atoms with Gasteiger partial charge in [0.05, 0.1) is 11.7 Å². The van der Waals surface area contributed by atoms with E-state index in [-0.39, 0.29) is 11.7 Å². The van der Waals surface area contributed by atoms with Gasteiger partial charge in [0.2, 0.25) is 5.91 Å². The largest absolute Gasteiger partial charge is 0.387 e. The number of halogens is 1. The molecule has 1 unspecified atom stereocenters. The molecule has 1 aliphatic heterocycles. The van der Waals surface area contributed by atoms with E-state index in [2.05, 4.69) is 10.2 Å². The van der Waals surface area contributed by atoms with Gasteiger partial charge in [0.1, 0.15) is 5.82 Å². The number of piperidine rings is 1. The maximum absolute atomic E-state index is 14.0. The van der Waals surface area contributed by atoms with Crippen molar-refractivity contribution in [3.8, 4) is 0 Å². The number of anilines is 1. The predicted molar refractivity (Wildman–Crippen MR) is 102 cm³/mol. The number of rotatable bonds is 5. The lowest BCUT2D eigenvalue weighted by Crippen LogP contribution is -2.44.